The maximum Gasteiger partial charge on any atom is 0.309 e. The lowest BCUT2D eigenvalue weighted by atomic mass is 9.73. The Labute approximate surface area is 235 Å². The zero-order valence-corrected chi connectivity index (χ0v) is 24.9. The fraction of sp³-hybridized carbons (Fsp3) is 0.759. The summed E-state index contributed by atoms with van der Waals surface area (Å²) in [6, 6.07) is 0.0734. The van der Waals surface area contributed by atoms with Crippen LogP contribution in [0.3, 0.4) is 0 Å². The van der Waals surface area contributed by atoms with Crippen molar-refractivity contribution in [3.05, 3.63) is 21.7 Å². The van der Waals surface area contributed by atoms with Crippen LogP contribution in [0.4, 0.5) is 0 Å². The van der Waals surface area contributed by atoms with Crippen molar-refractivity contribution in [2.45, 2.75) is 110 Å². The van der Waals surface area contributed by atoms with E-state index in [9.17, 15) is 30.0 Å². The molecule has 2 aliphatic heterocycles. The third-order valence-corrected chi connectivity index (χ3v) is 9.85. The Morgan fingerprint density at radius 3 is 2.54 bits per heavy atom. The van der Waals surface area contributed by atoms with E-state index in [1.165, 1.54) is 11.3 Å². The number of rotatable bonds is 5. The van der Waals surface area contributed by atoms with Crippen molar-refractivity contribution in [1.29, 1.82) is 0 Å². The highest BCUT2D eigenvalue weighted by Gasteiger charge is 2.58. The van der Waals surface area contributed by atoms with Crippen LogP contribution in [0.5, 0.6) is 0 Å². The van der Waals surface area contributed by atoms with Crippen LogP contribution in [-0.2, 0) is 20.9 Å². The van der Waals surface area contributed by atoms with Gasteiger partial charge in [0.1, 0.15) is 16.9 Å². The van der Waals surface area contributed by atoms with Gasteiger partial charge in [0, 0.05) is 35.8 Å². The van der Waals surface area contributed by atoms with E-state index in [4.69, 9.17) is 4.74 Å². The summed E-state index contributed by atoms with van der Waals surface area (Å²) in [5.41, 5.74) is 0.0185. The fourth-order valence-electron chi connectivity index (χ4n) is 6.08. The van der Waals surface area contributed by atoms with Crippen LogP contribution >= 0.6 is 11.3 Å². The van der Waals surface area contributed by atoms with Gasteiger partial charge in [-0.05, 0) is 44.3 Å². The molecule has 0 bridgehead atoms. The number of aliphatic hydroxyl groups is 4. The van der Waals surface area contributed by atoms with Crippen LogP contribution in [-0.4, -0.2) is 85.1 Å². The van der Waals surface area contributed by atoms with Crippen LogP contribution in [0.15, 0.2) is 11.0 Å². The minimum atomic E-state index is -1.27. The number of ether oxygens (including phenoxy) is 1. The normalized spacial score (nSPS) is 36.8. The number of esters is 1. The van der Waals surface area contributed by atoms with E-state index in [2.05, 4.69) is 16.8 Å². The highest BCUT2D eigenvalue weighted by molar-refractivity contribution is 7.09. The summed E-state index contributed by atoms with van der Waals surface area (Å²) in [6.07, 6.45) is 1.70. The minimum absolute atomic E-state index is 0.0180. The molecule has 3 rings (SSSR count). The van der Waals surface area contributed by atoms with E-state index in [1.54, 1.807) is 20.8 Å². The van der Waals surface area contributed by atoms with Gasteiger partial charge in [-0.25, -0.2) is 4.98 Å². The van der Waals surface area contributed by atoms with E-state index >= 15 is 0 Å². The van der Waals surface area contributed by atoms with Crippen LogP contribution in [0.1, 0.15) is 84.3 Å². The van der Waals surface area contributed by atoms with Gasteiger partial charge in [-0.15, -0.1) is 11.3 Å². The van der Waals surface area contributed by atoms with Gasteiger partial charge in [-0.2, -0.15) is 0 Å². The molecule has 0 aliphatic carbocycles. The largest absolute Gasteiger partial charge is 0.458 e. The van der Waals surface area contributed by atoms with E-state index in [0.29, 0.717) is 23.7 Å². The average Bonchev–Trinajstić information content (AvgIpc) is 3.19. The number of nitrogens with zero attached hydrogens (tertiary/aromatic N) is 2. The number of aromatic nitrogens is 1. The smallest absolute Gasteiger partial charge is 0.309 e. The zero-order chi connectivity index (χ0) is 29.1. The molecule has 0 saturated carbocycles. The summed E-state index contributed by atoms with van der Waals surface area (Å²) in [7, 11) is 0. The Kier molecular flexibility index (Phi) is 10.5. The Morgan fingerprint density at radius 1 is 1.23 bits per heavy atom. The molecule has 0 aromatic carbocycles. The first-order valence-corrected chi connectivity index (χ1v) is 14.8. The molecule has 1 aromatic heterocycles. The molecular formula is C29H46N2O7S. The van der Waals surface area contributed by atoms with Gasteiger partial charge in [0.25, 0.3) is 0 Å². The topological polar surface area (TPSA) is 140 Å². The highest BCUT2D eigenvalue weighted by atomic mass is 32.1. The molecule has 2 aliphatic rings. The zero-order valence-electron chi connectivity index (χ0n) is 24.1. The van der Waals surface area contributed by atoms with Gasteiger partial charge in [-0.1, -0.05) is 34.1 Å². The molecule has 0 radical (unpaired) electrons. The van der Waals surface area contributed by atoms with Gasteiger partial charge >= 0.3 is 5.97 Å². The summed E-state index contributed by atoms with van der Waals surface area (Å²) in [5, 5.41) is 43.4. The SMILES string of the molecule is C/C(=C\c1csc(CO)n1)[C@@H]1C[C@@H]2N(CCO)[C@]2(C)CCC[C@H](C)[C@H](O)[C@@H](C)C(=O)C(C)(C)[C@@H](O)CC(=O)O1. The third kappa shape index (κ3) is 7.15. The maximum absolute atomic E-state index is 13.3. The molecule has 9 nitrogen and oxygen atoms in total. The second-order valence-corrected chi connectivity index (χ2v) is 13.1. The minimum Gasteiger partial charge on any atom is -0.458 e. The van der Waals surface area contributed by atoms with Gasteiger partial charge in [0.05, 0.1) is 43.0 Å². The number of ketones is 1. The van der Waals surface area contributed by atoms with Gasteiger partial charge in [0.2, 0.25) is 0 Å². The number of carbonyl (C=O) groups excluding carboxylic acids is 2. The number of hydrogen-bond acceptors (Lipinski definition) is 10. The summed E-state index contributed by atoms with van der Waals surface area (Å²) in [4.78, 5) is 33.1. The molecule has 1 unspecified atom stereocenters. The number of hydrogen-bond donors (Lipinski definition) is 4. The summed E-state index contributed by atoms with van der Waals surface area (Å²) < 4.78 is 5.96. The Morgan fingerprint density at radius 2 is 1.92 bits per heavy atom. The number of cyclic esters (lactones) is 1. The summed E-state index contributed by atoms with van der Waals surface area (Å²) >= 11 is 1.35. The van der Waals surface area contributed by atoms with Crippen LogP contribution in [0.2, 0.25) is 0 Å². The van der Waals surface area contributed by atoms with Crippen molar-refractivity contribution in [3.63, 3.8) is 0 Å². The molecule has 220 valence electrons. The second-order valence-electron chi connectivity index (χ2n) is 12.2. The van der Waals surface area contributed by atoms with Crippen molar-refractivity contribution in [1.82, 2.24) is 9.88 Å². The Balaban J connectivity index is 1.93. The molecule has 39 heavy (non-hydrogen) atoms. The molecule has 2 fully saturated rings. The lowest BCUT2D eigenvalue weighted by molar-refractivity contribution is -0.154. The molecule has 2 saturated heterocycles. The van der Waals surface area contributed by atoms with Crippen molar-refractivity contribution in [3.8, 4) is 0 Å². The molecule has 0 spiro atoms. The number of β-amino-alcohol motifs (C(OH)–C–C–N with tert-alkyl or cyclic N) is 1. The van der Waals surface area contributed by atoms with Crippen LogP contribution in [0.25, 0.3) is 6.08 Å². The first kappa shape index (κ1) is 31.8. The predicted octanol–water partition coefficient (Wildman–Crippen LogP) is 2.94. The van der Waals surface area contributed by atoms with E-state index in [1.807, 2.05) is 25.3 Å². The van der Waals surface area contributed by atoms with E-state index in [0.717, 1.165) is 24.8 Å². The maximum atomic E-state index is 13.3. The van der Waals surface area contributed by atoms with Crippen LogP contribution < -0.4 is 0 Å². The van der Waals surface area contributed by atoms with Crippen molar-refractivity contribution >= 4 is 29.2 Å². The second kappa shape index (κ2) is 12.9. The number of carbonyl (C=O) groups is 2. The Hall–Kier alpha value is -1.69. The lowest BCUT2D eigenvalue weighted by Crippen LogP contribution is -2.45. The highest BCUT2D eigenvalue weighted by Crippen LogP contribution is 2.48. The number of aliphatic hydroxyl groups excluding tert-OH is 4. The monoisotopic (exact) mass is 566 g/mol. The molecule has 8 atom stereocenters. The first-order chi connectivity index (χ1) is 18.3. The molecule has 1 aromatic rings. The van der Waals surface area contributed by atoms with Crippen LogP contribution in [0, 0.1) is 17.3 Å². The molecule has 10 heteroatoms. The lowest BCUT2D eigenvalue weighted by Gasteiger charge is -2.34. The quantitative estimate of drug-likeness (QED) is 0.313. The van der Waals surface area contributed by atoms with E-state index < -0.39 is 35.6 Å². The number of Topliss-reactive ketones (excluding diaryl/α,β-unsaturated/α-hetero) is 1. The fourth-order valence-corrected chi connectivity index (χ4v) is 6.69. The standard InChI is InChI=1S/C29H46N2O7S/c1-17-8-7-9-29(6)22(31(29)10-11-32)13-21(18(2)12-20-16-39-24(15-33)30-20)38-25(35)14-23(34)28(4,5)27(37)19(3)26(17)36/h12,16-17,19,21-23,26,32-34,36H,7-11,13-15H2,1-6H3/b18-12+/t17-,19+,21-,22-,23-,26-,29+,31?/m0/s1. The van der Waals surface area contributed by atoms with Crippen molar-refractivity contribution < 1.29 is 34.8 Å². The Bertz CT molecular complexity index is 1040. The summed E-state index contributed by atoms with van der Waals surface area (Å²) in [6.45, 7) is 11.3. The number of thiazole rings is 1. The average molecular weight is 567 g/mol. The molecular weight excluding hydrogens is 520 g/mol. The van der Waals surface area contributed by atoms with E-state index in [-0.39, 0.29) is 42.9 Å². The van der Waals surface area contributed by atoms with Gasteiger partial charge in [-0.3, -0.25) is 14.5 Å². The third-order valence-electron chi connectivity index (χ3n) is 9.00. The number of fused-ring (bicyclic) bond motifs is 1. The molecule has 0 amide bonds. The first-order valence-electron chi connectivity index (χ1n) is 14.0. The van der Waals surface area contributed by atoms with Crippen molar-refractivity contribution in [2.24, 2.45) is 17.3 Å². The molecule has 4 N–H and O–H groups in total. The predicted molar refractivity (Wildman–Crippen MR) is 150 cm³/mol. The molecule has 3 heterocycles. The summed E-state index contributed by atoms with van der Waals surface area (Å²) in [5.74, 6) is -1.70. The van der Waals surface area contributed by atoms with Crippen molar-refractivity contribution in [2.75, 3.05) is 13.2 Å². The van der Waals surface area contributed by atoms with Gasteiger partial charge in [0.15, 0.2) is 0 Å². The van der Waals surface area contributed by atoms with Gasteiger partial charge < -0.3 is 25.2 Å².